The van der Waals surface area contributed by atoms with E-state index in [9.17, 15) is 4.79 Å². The Morgan fingerprint density at radius 3 is 2.95 bits per heavy atom. The lowest BCUT2D eigenvalue weighted by molar-refractivity contribution is -0.121. The van der Waals surface area contributed by atoms with Crippen molar-refractivity contribution >= 4 is 18.1 Å². The molecule has 0 fully saturated rings. The van der Waals surface area contributed by atoms with Crippen LogP contribution in [-0.2, 0) is 17.8 Å². The number of nitrogens with one attached hydrogen (secondary N) is 2. The summed E-state index contributed by atoms with van der Waals surface area (Å²) in [4.78, 5) is 19.0. The highest BCUT2D eigenvalue weighted by Gasteiger charge is 2.08. The fraction of sp³-hybridized carbons (Fsp3) is 0.357. The van der Waals surface area contributed by atoms with Crippen molar-refractivity contribution in [2.75, 3.05) is 0 Å². The predicted octanol–water partition coefficient (Wildman–Crippen LogP) is 2.60. The minimum Gasteiger partial charge on any atom is -0.467 e. The quantitative estimate of drug-likeness (QED) is 0.831. The molecule has 0 aliphatic rings. The third kappa shape index (κ3) is 3.77. The maximum absolute atomic E-state index is 11.8. The summed E-state index contributed by atoms with van der Waals surface area (Å²) >= 11 is 5.01. The summed E-state index contributed by atoms with van der Waals surface area (Å²) in [5.41, 5.74) is 2.90. The van der Waals surface area contributed by atoms with Gasteiger partial charge in [0.2, 0.25) is 5.91 Å². The van der Waals surface area contributed by atoms with Crippen molar-refractivity contribution in [2.24, 2.45) is 0 Å². The predicted molar refractivity (Wildman–Crippen MR) is 77.8 cm³/mol. The third-order valence-corrected chi connectivity index (χ3v) is 3.29. The number of furan rings is 1. The van der Waals surface area contributed by atoms with E-state index >= 15 is 0 Å². The number of carbonyl (C=O) groups is 1. The average Bonchev–Trinajstić information content (AvgIpc) is 2.88. The maximum Gasteiger partial charge on any atom is 0.220 e. The molecule has 0 aromatic carbocycles. The van der Waals surface area contributed by atoms with Crippen molar-refractivity contribution in [2.45, 2.75) is 33.2 Å². The summed E-state index contributed by atoms with van der Waals surface area (Å²) < 4.78 is 5.63. The molecule has 0 aliphatic carbocycles. The molecular formula is C14H17N3O2S. The Bertz CT molecular complexity index is 621. The van der Waals surface area contributed by atoms with E-state index in [4.69, 9.17) is 16.6 Å². The molecule has 0 aliphatic heterocycles. The number of nitrogens with zero attached hydrogens (tertiary/aromatic N) is 1. The van der Waals surface area contributed by atoms with E-state index in [2.05, 4.69) is 15.3 Å². The number of amides is 1. The minimum absolute atomic E-state index is 0.0114. The SMILES string of the molecule is Cc1nc(=S)[nH]c(C)c1CCC(=O)NCc1ccco1. The van der Waals surface area contributed by atoms with Gasteiger partial charge in [-0.3, -0.25) is 4.79 Å². The highest BCUT2D eigenvalue weighted by molar-refractivity contribution is 7.71. The Hall–Kier alpha value is -1.95. The molecule has 0 unspecified atom stereocenters. The molecule has 0 atom stereocenters. The van der Waals surface area contributed by atoms with Gasteiger partial charge in [0.15, 0.2) is 4.77 Å². The molecule has 106 valence electrons. The molecule has 5 nitrogen and oxygen atoms in total. The number of carbonyl (C=O) groups excluding carboxylic acids is 1. The van der Waals surface area contributed by atoms with Crippen LogP contribution < -0.4 is 5.32 Å². The molecule has 2 aromatic heterocycles. The molecule has 20 heavy (non-hydrogen) atoms. The van der Waals surface area contributed by atoms with Crippen LogP contribution in [0.2, 0.25) is 0 Å². The highest BCUT2D eigenvalue weighted by Crippen LogP contribution is 2.11. The highest BCUT2D eigenvalue weighted by atomic mass is 32.1. The van der Waals surface area contributed by atoms with Crippen LogP contribution in [0.25, 0.3) is 0 Å². The van der Waals surface area contributed by atoms with Gasteiger partial charge < -0.3 is 14.7 Å². The van der Waals surface area contributed by atoms with Gasteiger partial charge in [0.1, 0.15) is 5.76 Å². The Balaban J connectivity index is 1.89. The summed E-state index contributed by atoms with van der Waals surface area (Å²) in [5, 5.41) is 2.82. The van der Waals surface area contributed by atoms with Crippen LogP contribution in [0.4, 0.5) is 0 Å². The van der Waals surface area contributed by atoms with E-state index in [1.807, 2.05) is 19.9 Å². The molecule has 6 heteroatoms. The second-order valence-corrected chi connectivity index (χ2v) is 4.97. The summed E-state index contributed by atoms with van der Waals surface area (Å²) in [6.45, 7) is 4.27. The summed E-state index contributed by atoms with van der Waals surface area (Å²) in [5.74, 6) is 0.735. The first-order valence-corrected chi connectivity index (χ1v) is 6.82. The first kappa shape index (κ1) is 14.5. The molecular weight excluding hydrogens is 274 g/mol. The molecule has 0 radical (unpaired) electrons. The maximum atomic E-state index is 11.8. The van der Waals surface area contributed by atoms with Crippen molar-refractivity contribution in [3.63, 3.8) is 0 Å². The van der Waals surface area contributed by atoms with Crippen molar-refractivity contribution in [1.29, 1.82) is 0 Å². The first-order valence-electron chi connectivity index (χ1n) is 6.41. The van der Waals surface area contributed by atoms with E-state index in [1.54, 1.807) is 12.3 Å². The molecule has 2 heterocycles. The zero-order valence-corrected chi connectivity index (χ0v) is 12.3. The number of hydrogen-bond donors (Lipinski definition) is 2. The Morgan fingerprint density at radius 1 is 1.50 bits per heavy atom. The molecule has 2 rings (SSSR count). The molecule has 1 amide bonds. The fourth-order valence-corrected chi connectivity index (χ4v) is 2.34. The van der Waals surface area contributed by atoms with Gasteiger partial charge in [-0.15, -0.1) is 0 Å². The van der Waals surface area contributed by atoms with Gasteiger partial charge in [0.05, 0.1) is 12.8 Å². The third-order valence-electron chi connectivity index (χ3n) is 3.10. The lowest BCUT2D eigenvalue weighted by Gasteiger charge is -2.09. The van der Waals surface area contributed by atoms with Crippen LogP contribution in [0.15, 0.2) is 22.8 Å². The zero-order valence-electron chi connectivity index (χ0n) is 11.5. The number of hydrogen-bond acceptors (Lipinski definition) is 4. The van der Waals surface area contributed by atoms with Crippen molar-refractivity contribution < 1.29 is 9.21 Å². The largest absolute Gasteiger partial charge is 0.467 e. The van der Waals surface area contributed by atoms with Gasteiger partial charge in [-0.2, -0.15) is 0 Å². The smallest absolute Gasteiger partial charge is 0.220 e. The number of aromatic nitrogens is 2. The molecule has 2 N–H and O–H groups in total. The Labute approximate surface area is 122 Å². The van der Waals surface area contributed by atoms with E-state index in [1.165, 1.54) is 0 Å². The van der Waals surface area contributed by atoms with Gasteiger partial charge in [-0.1, -0.05) is 0 Å². The standard InChI is InChI=1S/C14H17N3O2S/c1-9-12(10(2)17-14(20)16-9)5-6-13(18)15-8-11-4-3-7-19-11/h3-4,7H,5-6,8H2,1-2H3,(H,15,18)(H,16,17,20). The van der Waals surface area contributed by atoms with Gasteiger partial charge >= 0.3 is 0 Å². The van der Waals surface area contributed by atoms with Crippen LogP contribution in [0.1, 0.15) is 29.1 Å². The van der Waals surface area contributed by atoms with Crippen molar-refractivity contribution in [1.82, 2.24) is 15.3 Å². The van der Waals surface area contributed by atoms with Gasteiger partial charge in [-0.05, 0) is 50.2 Å². The normalized spacial score (nSPS) is 10.5. The number of rotatable bonds is 5. The molecule has 0 saturated carbocycles. The topological polar surface area (TPSA) is 70.9 Å². The van der Waals surface area contributed by atoms with Crippen molar-refractivity contribution in [3.8, 4) is 0 Å². The van der Waals surface area contributed by atoms with E-state index in [-0.39, 0.29) is 5.91 Å². The number of aromatic amines is 1. The van der Waals surface area contributed by atoms with Crippen molar-refractivity contribution in [3.05, 3.63) is 45.9 Å². The van der Waals surface area contributed by atoms with E-state index in [0.717, 1.165) is 22.7 Å². The van der Waals surface area contributed by atoms with E-state index < -0.39 is 0 Å². The summed E-state index contributed by atoms with van der Waals surface area (Å²) in [7, 11) is 0. The number of H-pyrrole nitrogens is 1. The second kappa shape index (κ2) is 6.47. The Kier molecular flexibility index (Phi) is 4.68. The van der Waals surface area contributed by atoms with Crippen LogP contribution in [0.5, 0.6) is 0 Å². The minimum atomic E-state index is -0.0114. The number of aryl methyl sites for hydroxylation is 2. The van der Waals surface area contributed by atoms with Gasteiger partial charge in [0.25, 0.3) is 0 Å². The zero-order chi connectivity index (χ0) is 14.5. The van der Waals surface area contributed by atoms with Gasteiger partial charge in [-0.25, -0.2) is 4.98 Å². The van der Waals surface area contributed by atoms with E-state index in [0.29, 0.717) is 24.2 Å². The first-order chi connectivity index (χ1) is 9.56. The lowest BCUT2D eigenvalue weighted by Crippen LogP contribution is -2.23. The van der Waals surface area contributed by atoms with Crippen LogP contribution >= 0.6 is 12.2 Å². The second-order valence-electron chi connectivity index (χ2n) is 4.59. The summed E-state index contributed by atoms with van der Waals surface area (Å²) in [6.07, 6.45) is 2.64. The Morgan fingerprint density at radius 2 is 2.30 bits per heavy atom. The summed E-state index contributed by atoms with van der Waals surface area (Å²) in [6, 6.07) is 3.63. The molecule has 0 saturated heterocycles. The van der Waals surface area contributed by atoms with Crippen LogP contribution in [0.3, 0.4) is 0 Å². The van der Waals surface area contributed by atoms with Crippen LogP contribution in [-0.4, -0.2) is 15.9 Å². The molecule has 2 aromatic rings. The lowest BCUT2D eigenvalue weighted by atomic mass is 10.1. The van der Waals surface area contributed by atoms with Gasteiger partial charge in [0, 0.05) is 17.8 Å². The van der Waals surface area contributed by atoms with Crippen LogP contribution in [0, 0.1) is 18.6 Å². The fourth-order valence-electron chi connectivity index (χ4n) is 2.05. The monoisotopic (exact) mass is 291 g/mol. The molecule has 0 bridgehead atoms. The average molecular weight is 291 g/mol. The molecule has 0 spiro atoms.